The molecule has 1 rings (SSSR count). The van der Waals surface area contributed by atoms with Gasteiger partial charge < -0.3 is 15.2 Å². The van der Waals surface area contributed by atoms with Gasteiger partial charge in [-0.1, -0.05) is 18.5 Å². The van der Waals surface area contributed by atoms with E-state index in [-0.39, 0.29) is 12.1 Å². The van der Waals surface area contributed by atoms with Crippen LogP contribution in [0.5, 0.6) is 5.75 Å². The van der Waals surface area contributed by atoms with E-state index in [2.05, 4.69) is 6.92 Å². The van der Waals surface area contributed by atoms with Gasteiger partial charge in [-0.2, -0.15) is 0 Å². The lowest BCUT2D eigenvalue weighted by Gasteiger charge is -2.19. The van der Waals surface area contributed by atoms with Crippen molar-refractivity contribution in [3.63, 3.8) is 0 Å². The number of ether oxygens (including phenoxy) is 2. The van der Waals surface area contributed by atoms with E-state index in [9.17, 15) is 0 Å². The molecule has 0 aliphatic carbocycles. The van der Waals surface area contributed by atoms with Crippen molar-refractivity contribution >= 4 is 11.6 Å². The Morgan fingerprint density at radius 1 is 1.37 bits per heavy atom. The molecule has 2 N–H and O–H groups in total. The molecule has 1 aromatic rings. The summed E-state index contributed by atoms with van der Waals surface area (Å²) in [5.74, 6) is 0.872. The molecule has 4 heteroatoms. The molecule has 0 saturated heterocycles. The summed E-state index contributed by atoms with van der Waals surface area (Å²) in [5, 5.41) is 0.718. The first kappa shape index (κ1) is 16.3. The Morgan fingerprint density at radius 2 is 2.11 bits per heavy atom. The Kier molecular flexibility index (Phi) is 7.21. The van der Waals surface area contributed by atoms with Crippen LogP contribution >= 0.6 is 11.6 Å². The molecule has 0 heterocycles. The van der Waals surface area contributed by atoms with E-state index in [0.717, 1.165) is 35.6 Å². The molecule has 0 saturated carbocycles. The lowest BCUT2D eigenvalue weighted by atomic mass is 10.0. The van der Waals surface area contributed by atoms with Crippen molar-refractivity contribution in [2.75, 3.05) is 13.7 Å². The number of benzene rings is 1. The third-order valence-corrected chi connectivity index (χ3v) is 3.32. The van der Waals surface area contributed by atoms with Crippen LogP contribution in [0, 0.1) is 0 Å². The SMILES string of the molecule is CCC(N)Cc1cc(Cl)ccc1OC(C)CCOC. The van der Waals surface area contributed by atoms with Crippen molar-refractivity contribution in [1.82, 2.24) is 0 Å². The molecule has 19 heavy (non-hydrogen) atoms. The first-order chi connectivity index (χ1) is 9.06. The summed E-state index contributed by atoms with van der Waals surface area (Å²) in [6.45, 7) is 4.81. The van der Waals surface area contributed by atoms with E-state index < -0.39 is 0 Å². The summed E-state index contributed by atoms with van der Waals surface area (Å²) in [6.07, 6.45) is 2.69. The van der Waals surface area contributed by atoms with Gasteiger partial charge in [0.15, 0.2) is 0 Å². The van der Waals surface area contributed by atoms with Gasteiger partial charge in [0, 0.05) is 31.2 Å². The van der Waals surface area contributed by atoms with Gasteiger partial charge >= 0.3 is 0 Å². The summed E-state index contributed by atoms with van der Waals surface area (Å²) in [4.78, 5) is 0. The molecule has 0 aliphatic heterocycles. The van der Waals surface area contributed by atoms with Gasteiger partial charge in [0.25, 0.3) is 0 Å². The monoisotopic (exact) mass is 285 g/mol. The molecule has 0 bridgehead atoms. The molecular weight excluding hydrogens is 262 g/mol. The summed E-state index contributed by atoms with van der Waals surface area (Å²) in [7, 11) is 1.70. The second-order valence-corrected chi connectivity index (χ2v) is 5.27. The average molecular weight is 286 g/mol. The number of halogens is 1. The average Bonchev–Trinajstić information content (AvgIpc) is 2.39. The largest absolute Gasteiger partial charge is 0.490 e. The van der Waals surface area contributed by atoms with Gasteiger partial charge in [-0.3, -0.25) is 0 Å². The molecule has 3 nitrogen and oxygen atoms in total. The van der Waals surface area contributed by atoms with Gasteiger partial charge in [-0.25, -0.2) is 0 Å². The van der Waals surface area contributed by atoms with Gasteiger partial charge in [-0.15, -0.1) is 0 Å². The van der Waals surface area contributed by atoms with Crippen molar-refractivity contribution in [2.45, 2.75) is 45.3 Å². The Morgan fingerprint density at radius 3 is 2.74 bits per heavy atom. The minimum atomic E-state index is 0.109. The Balaban J connectivity index is 2.75. The minimum absolute atomic E-state index is 0.109. The molecule has 2 atom stereocenters. The second kappa shape index (κ2) is 8.41. The summed E-state index contributed by atoms with van der Waals surface area (Å²) in [5.41, 5.74) is 7.09. The number of methoxy groups -OCH3 is 1. The van der Waals surface area contributed by atoms with Gasteiger partial charge in [0.05, 0.1) is 6.10 Å². The van der Waals surface area contributed by atoms with Crippen LogP contribution in [0.25, 0.3) is 0 Å². The minimum Gasteiger partial charge on any atom is -0.490 e. The number of rotatable bonds is 8. The zero-order chi connectivity index (χ0) is 14.3. The van der Waals surface area contributed by atoms with E-state index in [4.69, 9.17) is 26.8 Å². The number of hydrogen-bond acceptors (Lipinski definition) is 3. The third-order valence-electron chi connectivity index (χ3n) is 3.09. The van der Waals surface area contributed by atoms with Crippen molar-refractivity contribution in [3.8, 4) is 5.75 Å². The van der Waals surface area contributed by atoms with E-state index >= 15 is 0 Å². The van der Waals surface area contributed by atoms with E-state index in [1.807, 2.05) is 25.1 Å². The summed E-state index contributed by atoms with van der Waals surface area (Å²) in [6, 6.07) is 5.84. The predicted molar refractivity (Wildman–Crippen MR) is 80.0 cm³/mol. The van der Waals surface area contributed by atoms with Crippen molar-refractivity contribution in [1.29, 1.82) is 0 Å². The molecule has 0 aliphatic rings. The summed E-state index contributed by atoms with van der Waals surface area (Å²) < 4.78 is 11.0. The van der Waals surface area contributed by atoms with Crippen LogP contribution in [-0.4, -0.2) is 25.9 Å². The predicted octanol–water partition coefficient (Wildman–Crippen LogP) is 3.42. The van der Waals surface area contributed by atoms with Crippen LogP contribution in [-0.2, 0) is 11.2 Å². The standard InChI is InChI=1S/C15H24ClNO2/c1-4-14(17)10-12-9-13(16)5-6-15(12)19-11(2)7-8-18-3/h5-6,9,11,14H,4,7-8,10,17H2,1-3H3. The molecule has 2 unspecified atom stereocenters. The fourth-order valence-electron chi connectivity index (χ4n) is 1.81. The number of hydrogen-bond donors (Lipinski definition) is 1. The quantitative estimate of drug-likeness (QED) is 0.796. The Labute approximate surface area is 121 Å². The normalized spacial score (nSPS) is 14.2. The maximum atomic E-state index is 6.05. The smallest absolute Gasteiger partial charge is 0.123 e. The zero-order valence-electron chi connectivity index (χ0n) is 12.0. The molecular formula is C15H24ClNO2. The highest BCUT2D eigenvalue weighted by atomic mass is 35.5. The first-order valence-corrected chi connectivity index (χ1v) is 7.14. The van der Waals surface area contributed by atoms with E-state index in [1.165, 1.54) is 0 Å². The van der Waals surface area contributed by atoms with Crippen LogP contribution < -0.4 is 10.5 Å². The highest BCUT2D eigenvalue weighted by molar-refractivity contribution is 6.30. The molecule has 108 valence electrons. The van der Waals surface area contributed by atoms with Crippen molar-refractivity contribution in [2.24, 2.45) is 5.73 Å². The third kappa shape index (κ3) is 5.81. The fraction of sp³-hybridized carbons (Fsp3) is 0.600. The second-order valence-electron chi connectivity index (χ2n) is 4.83. The van der Waals surface area contributed by atoms with Crippen LogP contribution in [0.3, 0.4) is 0 Å². The molecule has 0 spiro atoms. The maximum Gasteiger partial charge on any atom is 0.123 e. The Bertz CT molecular complexity index is 384. The maximum absolute atomic E-state index is 6.05. The van der Waals surface area contributed by atoms with Crippen LogP contribution in [0.4, 0.5) is 0 Å². The van der Waals surface area contributed by atoms with Gasteiger partial charge in [0.1, 0.15) is 5.75 Å². The molecule has 1 aromatic carbocycles. The lowest BCUT2D eigenvalue weighted by Crippen LogP contribution is -2.22. The van der Waals surface area contributed by atoms with Crippen LogP contribution in [0.1, 0.15) is 32.3 Å². The van der Waals surface area contributed by atoms with Crippen LogP contribution in [0.15, 0.2) is 18.2 Å². The topological polar surface area (TPSA) is 44.5 Å². The van der Waals surface area contributed by atoms with Crippen LogP contribution in [0.2, 0.25) is 5.02 Å². The molecule has 0 amide bonds. The first-order valence-electron chi connectivity index (χ1n) is 6.76. The van der Waals surface area contributed by atoms with Crippen molar-refractivity contribution in [3.05, 3.63) is 28.8 Å². The van der Waals surface area contributed by atoms with Gasteiger partial charge in [0.2, 0.25) is 0 Å². The van der Waals surface area contributed by atoms with Crippen molar-refractivity contribution < 1.29 is 9.47 Å². The highest BCUT2D eigenvalue weighted by Gasteiger charge is 2.11. The molecule has 0 aromatic heterocycles. The molecule has 0 fully saturated rings. The number of nitrogens with two attached hydrogens (primary N) is 1. The van der Waals surface area contributed by atoms with Gasteiger partial charge in [-0.05, 0) is 43.5 Å². The lowest BCUT2D eigenvalue weighted by molar-refractivity contribution is 0.134. The Hall–Kier alpha value is -0.770. The van der Waals surface area contributed by atoms with E-state index in [0.29, 0.717) is 6.61 Å². The van der Waals surface area contributed by atoms with E-state index in [1.54, 1.807) is 7.11 Å². The zero-order valence-corrected chi connectivity index (χ0v) is 12.7. The highest BCUT2D eigenvalue weighted by Crippen LogP contribution is 2.25. The molecule has 0 radical (unpaired) electrons. The summed E-state index contributed by atoms with van der Waals surface area (Å²) >= 11 is 6.05. The fourth-order valence-corrected chi connectivity index (χ4v) is 2.00.